The minimum Gasteiger partial charge on any atom is -0.315 e. The summed E-state index contributed by atoms with van der Waals surface area (Å²) in [6.45, 7) is 3.44. The fourth-order valence-electron chi connectivity index (χ4n) is 1.85. The Morgan fingerprint density at radius 2 is 2.17 bits per heavy atom. The third-order valence-corrected chi connectivity index (χ3v) is 5.27. The monoisotopic (exact) mass is 354 g/mol. The Balaban J connectivity index is 0.00000162. The molecule has 1 saturated heterocycles. The summed E-state index contributed by atoms with van der Waals surface area (Å²) in [7, 11) is -3.43. The number of hydrogen-bond donors (Lipinski definition) is 2. The van der Waals surface area contributed by atoms with Crippen LogP contribution in [0.5, 0.6) is 0 Å². The number of nitrogens with one attached hydrogen (secondary N) is 2. The molecule has 0 spiro atoms. The van der Waals surface area contributed by atoms with Crippen LogP contribution >= 0.6 is 28.3 Å². The van der Waals surface area contributed by atoms with Crippen molar-refractivity contribution in [3.05, 3.63) is 28.2 Å². The largest absolute Gasteiger partial charge is 0.315 e. The van der Waals surface area contributed by atoms with Gasteiger partial charge in [-0.15, -0.1) is 12.4 Å². The second kappa shape index (κ2) is 6.34. The molecule has 0 aromatic heterocycles. The predicted octanol–water partition coefficient (Wildman–Crippen LogP) is 1.82. The molecule has 1 heterocycles. The predicted molar refractivity (Wildman–Crippen MR) is 77.7 cm³/mol. The Morgan fingerprint density at radius 1 is 1.44 bits per heavy atom. The maximum atomic E-state index is 12.2. The minimum atomic E-state index is -3.43. The highest BCUT2D eigenvalue weighted by atomic mass is 79.9. The van der Waals surface area contributed by atoms with Crippen LogP contribution in [-0.2, 0) is 10.0 Å². The number of sulfonamides is 1. The van der Waals surface area contributed by atoms with E-state index in [0.717, 1.165) is 18.5 Å². The zero-order chi connectivity index (χ0) is 12.5. The average Bonchev–Trinajstić information content (AvgIpc) is 2.73. The van der Waals surface area contributed by atoms with E-state index in [-0.39, 0.29) is 18.4 Å². The van der Waals surface area contributed by atoms with Crippen LogP contribution in [0.2, 0.25) is 0 Å². The average molecular weight is 356 g/mol. The van der Waals surface area contributed by atoms with Crippen LogP contribution in [0.1, 0.15) is 12.0 Å². The van der Waals surface area contributed by atoms with E-state index in [9.17, 15) is 8.42 Å². The van der Waals surface area contributed by atoms with Crippen LogP contribution in [0.15, 0.2) is 27.6 Å². The van der Waals surface area contributed by atoms with Crippen LogP contribution in [0.3, 0.4) is 0 Å². The van der Waals surface area contributed by atoms with Gasteiger partial charge in [-0.3, -0.25) is 0 Å². The van der Waals surface area contributed by atoms with Gasteiger partial charge < -0.3 is 5.32 Å². The lowest BCUT2D eigenvalue weighted by molar-refractivity contribution is 0.559. The van der Waals surface area contributed by atoms with Gasteiger partial charge in [-0.1, -0.05) is 6.07 Å². The highest BCUT2D eigenvalue weighted by Gasteiger charge is 2.24. The number of halogens is 2. The second-order valence-electron chi connectivity index (χ2n) is 4.24. The molecule has 1 fully saturated rings. The van der Waals surface area contributed by atoms with Crippen molar-refractivity contribution in [1.29, 1.82) is 0 Å². The Morgan fingerprint density at radius 3 is 2.78 bits per heavy atom. The Hall–Kier alpha value is -0.140. The van der Waals surface area contributed by atoms with E-state index >= 15 is 0 Å². The van der Waals surface area contributed by atoms with Crippen LogP contribution in [0, 0.1) is 6.92 Å². The molecule has 1 aromatic rings. The van der Waals surface area contributed by atoms with Crippen molar-refractivity contribution in [2.75, 3.05) is 13.1 Å². The molecule has 1 aliphatic heterocycles. The summed E-state index contributed by atoms with van der Waals surface area (Å²) in [5.74, 6) is 0. The minimum absolute atomic E-state index is 0. The first-order valence-electron chi connectivity index (χ1n) is 5.48. The van der Waals surface area contributed by atoms with Crippen LogP contribution < -0.4 is 10.0 Å². The first-order chi connectivity index (χ1) is 7.99. The van der Waals surface area contributed by atoms with Crippen molar-refractivity contribution < 1.29 is 8.42 Å². The number of benzene rings is 1. The zero-order valence-corrected chi connectivity index (χ0v) is 13.2. The Kier molecular flexibility index (Phi) is 5.61. The topological polar surface area (TPSA) is 58.2 Å². The van der Waals surface area contributed by atoms with Crippen molar-refractivity contribution in [3.63, 3.8) is 0 Å². The van der Waals surface area contributed by atoms with E-state index in [1.807, 2.05) is 13.0 Å². The highest BCUT2D eigenvalue weighted by Crippen LogP contribution is 2.23. The first kappa shape index (κ1) is 15.9. The third-order valence-electron chi connectivity index (χ3n) is 2.76. The maximum Gasteiger partial charge on any atom is 0.241 e. The van der Waals surface area contributed by atoms with Gasteiger partial charge in [-0.25, -0.2) is 13.1 Å². The molecular weight excluding hydrogens is 340 g/mol. The van der Waals surface area contributed by atoms with Gasteiger partial charge in [0.1, 0.15) is 0 Å². The highest BCUT2D eigenvalue weighted by molar-refractivity contribution is 9.10. The molecule has 1 aromatic carbocycles. The molecular formula is C11H16BrClN2O2S. The molecule has 1 aliphatic rings. The van der Waals surface area contributed by atoms with Crippen LogP contribution in [0.4, 0.5) is 0 Å². The zero-order valence-electron chi connectivity index (χ0n) is 9.94. The molecule has 2 N–H and O–H groups in total. The van der Waals surface area contributed by atoms with Crippen molar-refractivity contribution in [1.82, 2.24) is 10.0 Å². The van der Waals surface area contributed by atoms with Gasteiger partial charge in [0.15, 0.2) is 0 Å². The molecule has 0 amide bonds. The van der Waals surface area contributed by atoms with Crippen LogP contribution in [-0.4, -0.2) is 27.5 Å². The van der Waals surface area contributed by atoms with E-state index in [2.05, 4.69) is 26.0 Å². The standard InChI is InChI=1S/C11H15BrN2O2S.ClH/c1-8-2-3-10(12)11(6-8)17(15,16)14-9-4-5-13-7-9;/h2-3,6,9,13-14H,4-5,7H2,1H3;1H. The maximum absolute atomic E-state index is 12.2. The molecule has 18 heavy (non-hydrogen) atoms. The molecule has 0 aliphatic carbocycles. The van der Waals surface area contributed by atoms with E-state index in [4.69, 9.17) is 0 Å². The van der Waals surface area contributed by atoms with Gasteiger partial charge in [0, 0.05) is 17.1 Å². The summed E-state index contributed by atoms with van der Waals surface area (Å²) in [4.78, 5) is 0.310. The molecule has 0 saturated carbocycles. The lowest BCUT2D eigenvalue weighted by Crippen LogP contribution is -2.36. The number of hydrogen-bond acceptors (Lipinski definition) is 3. The summed E-state index contributed by atoms with van der Waals surface area (Å²) in [6.07, 6.45) is 0.836. The van der Waals surface area contributed by atoms with Crippen molar-refractivity contribution in [2.24, 2.45) is 0 Å². The fraction of sp³-hybridized carbons (Fsp3) is 0.455. The molecule has 102 valence electrons. The number of aryl methyl sites for hydroxylation is 1. The molecule has 2 rings (SSSR count). The van der Waals surface area contributed by atoms with Crippen LogP contribution in [0.25, 0.3) is 0 Å². The molecule has 4 nitrogen and oxygen atoms in total. The molecule has 0 bridgehead atoms. The molecule has 0 radical (unpaired) electrons. The SMILES string of the molecule is Cc1ccc(Br)c(S(=O)(=O)NC2CCNC2)c1.Cl. The van der Waals surface area contributed by atoms with Gasteiger partial charge in [0.25, 0.3) is 0 Å². The van der Waals surface area contributed by atoms with Gasteiger partial charge in [-0.05, 0) is 53.5 Å². The van der Waals surface area contributed by atoms with Crippen molar-refractivity contribution >= 4 is 38.4 Å². The van der Waals surface area contributed by atoms with Gasteiger partial charge in [-0.2, -0.15) is 0 Å². The van der Waals surface area contributed by atoms with E-state index in [1.54, 1.807) is 12.1 Å². The lowest BCUT2D eigenvalue weighted by atomic mass is 10.2. The Bertz CT molecular complexity index is 516. The summed E-state index contributed by atoms with van der Waals surface area (Å²) >= 11 is 3.28. The quantitative estimate of drug-likeness (QED) is 0.869. The molecule has 1 unspecified atom stereocenters. The normalized spacial score (nSPS) is 19.6. The molecule has 1 atom stereocenters. The third kappa shape index (κ3) is 3.68. The molecule has 7 heteroatoms. The van der Waals surface area contributed by atoms with Crippen molar-refractivity contribution in [2.45, 2.75) is 24.3 Å². The lowest BCUT2D eigenvalue weighted by Gasteiger charge is -2.13. The summed E-state index contributed by atoms with van der Waals surface area (Å²) in [6, 6.07) is 5.30. The summed E-state index contributed by atoms with van der Waals surface area (Å²) in [5, 5.41) is 3.13. The smallest absolute Gasteiger partial charge is 0.241 e. The van der Waals surface area contributed by atoms with Gasteiger partial charge in [0.2, 0.25) is 10.0 Å². The van der Waals surface area contributed by atoms with E-state index < -0.39 is 10.0 Å². The fourth-order valence-corrected chi connectivity index (χ4v) is 4.17. The van der Waals surface area contributed by atoms with Gasteiger partial charge >= 0.3 is 0 Å². The van der Waals surface area contributed by atoms with E-state index in [1.165, 1.54) is 0 Å². The number of rotatable bonds is 3. The van der Waals surface area contributed by atoms with E-state index in [0.29, 0.717) is 15.9 Å². The van der Waals surface area contributed by atoms with Crippen molar-refractivity contribution in [3.8, 4) is 0 Å². The summed E-state index contributed by atoms with van der Waals surface area (Å²) in [5.41, 5.74) is 0.929. The Labute approximate surface area is 122 Å². The van der Waals surface area contributed by atoms with Gasteiger partial charge in [0.05, 0.1) is 4.90 Å². The summed E-state index contributed by atoms with van der Waals surface area (Å²) < 4.78 is 27.7. The second-order valence-corrected chi connectivity index (χ2v) is 6.78. The first-order valence-corrected chi connectivity index (χ1v) is 7.76.